The number of hydrogen-bond donors (Lipinski definition) is 1. The van der Waals surface area contributed by atoms with Crippen LogP contribution in [-0.2, 0) is 19.4 Å². The molecule has 1 unspecified atom stereocenters. The third-order valence-corrected chi connectivity index (χ3v) is 8.81. The lowest BCUT2D eigenvalue weighted by molar-refractivity contribution is 0.194. The van der Waals surface area contributed by atoms with Crippen molar-refractivity contribution in [2.24, 2.45) is 0 Å². The Labute approximate surface area is 220 Å². The molecule has 2 amide bonds. The molecule has 1 atom stereocenters. The second kappa shape index (κ2) is 9.34. The summed E-state index contributed by atoms with van der Waals surface area (Å²) in [7, 11) is 1.62. The number of methoxy groups -OCH3 is 1. The number of aromatic nitrogens is 1. The molecule has 1 aliphatic heterocycles. The number of nitrogens with one attached hydrogen (secondary N) is 1. The molecule has 0 saturated heterocycles. The first-order chi connectivity index (χ1) is 17.5. The van der Waals surface area contributed by atoms with Crippen LogP contribution < -0.4 is 10.1 Å². The van der Waals surface area contributed by atoms with Crippen molar-refractivity contribution in [1.29, 1.82) is 0 Å². The van der Waals surface area contributed by atoms with Gasteiger partial charge in [-0.1, -0.05) is 29.8 Å². The second-order valence-corrected chi connectivity index (χ2v) is 11.0. The maximum absolute atomic E-state index is 14.1. The van der Waals surface area contributed by atoms with Gasteiger partial charge in [0.25, 0.3) is 0 Å². The Balaban J connectivity index is 1.49. The number of carbonyl (C=O) groups excluding carboxylic acids is 1. The lowest BCUT2D eigenvalue weighted by atomic mass is 9.95. The van der Waals surface area contributed by atoms with Crippen LogP contribution in [-0.4, -0.2) is 22.6 Å². The number of ether oxygens (including phenoxy) is 1. The van der Waals surface area contributed by atoms with Gasteiger partial charge in [-0.05, 0) is 85.7 Å². The van der Waals surface area contributed by atoms with Gasteiger partial charge in [-0.15, -0.1) is 11.3 Å². The summed E-state index contributed by atoms with van der Waals surface area (Å²) in [5, 5.41) is 5.08. The highest BCUT2D eigenvalue weighted by molar-refractivity contribution is 7.15. The van der Waals surface area contributed by atoms with Crippen molar-refractivity contribution in [2.45, 2.75) is 45.2 Å². The number of urea groups is 1. The molecule has 0 bridgehead atoms. The molecular formula is C29H28ClN3O2S. The maximum atomic E-state index is 14.1. The average Bonchev–Trinajstić information content (AvgIpc) is 3.47. The number of fused-ring (bicyclic) bond motifs is 5. The van der Waals surface area contributed by atoms with E-state index in [4.69, 9.17) is 16.3 Å². The number of anilines is 1. The second-order valence-electron chi connectivity index (χ2n) is 9.51. The number of hydrogen-bond acceptors (Lipinski definition) is 3. The quantitative estimate of drug-likeness (QED) is 0.305. The Bertz CT molecular complexity index is 1440. The number of benzene rings is 2. The van der Waals surface area contributed by atoms with Crippen LogP contribution >= 0.6 is 22.9 Å². The standard InChI is InChI=1S/C29H28ClN3O2S/c1-18-9-14-25(35-2)23(16-18)31-29(34)33-17-22-21-6-3-4-8-26(21)36-28(22)32-15-5-7-24(32)27(33)19-10-12-20(30)13-11-19/h5,7,9-16,27H,3-4,6,8,17H2,1-2H3,(H,31,34). The van der Waals surface area contributed by atoms with E-state index in [9.17, 15) is 4.79 Å². The van der Waals surface area contributed by atoms with E-state index in [1.54, 1.807) is 7.11 Å². The first-order valence-electron chi connectivity index (χ1n) is 12.3. The van der Waals surface area contributed by atoms with Crippen LogP contribution in [0, 0.1) is 6.92 Å². The SMILES string of the molecule is COc1ccc(C)cc1NC(=O)N1Cc2c(sc3c2CCCC3)-n2cccc2C1c1ccc(Cl)cc1. The van der Waals surface area contributed by atoms with Crippen molar-refractivity contribution in [3.05, 3.63) is 98.6 Å². The minimum Gasteiger partial charge on any atom is -0.495 e. The van der Waals surface area contributed by atoms with Gasteiger partial charge in [0.1, 0.15) is 10.8 Å². The zero-order valence-electron chi connectivity index (χ0n) is 20.4. The molecule has 1 N–H and O–H groups in total. The van der Waals surface area contributed by atoms with Crippen molar-refractivity contribution < 1.29 is 9.53 Å². The first kappa shape index (κ1) is 23.2. The van der Waals surface area contributed by atoms with Crippen LogP contribution in [0.5, 0.6) is 5.75 Å². The summed E-state index contributed by atoms with van der Waals surface area (Å²) >= 11 is 8.13. The van der Waals surface area contributed by atoms with Gasteiger partial charge in [0.2, 0.25) is 0 Å². The average molecular weight is 518 g/mol. The van der Waals surface area contributed by atoms with Gasteiger partial charge in [-0.2, -0.15) is 0 Å². The van der Waals surface area contributed by atoms with E-state index in [1.807, 2.05) is 65.6 Å². The van der Waals surface area contributed by atoms with Crippen LogP contribution in [0.2, 0.25) is 5.02 Å². The van der Waals surface area contributed by atoms with Crippen LogP contribution in [0.25, 0.3) is 5.00 Å². The lowest BCUT2D eigenvalue weighted by Gasteiger charge is -2.31. The molecule has 2 aromatic carbocycles. The predicted octanol–water partition coefficient (Wildman–Crippen LogP) is 7.53. The molecule has 4 aromatic rings. The van der Waals surface area contributed by atoms with E-state index < -0.39 is 0 Å². The third-order valence-electron chi connectivity index (χ3n) is 7.22. The van der Waals surface area contributed by atoms with E-state index in [-0.39, 0.29) is 12.1 Å². The van der Waals surface area contributed by atoms with Crippen molar-refractivity contribution in [3.8, 4) is 10.8 Å². The topological polar surface area (TPSA) is 46.5 Å². The highest BCUT2D eigenvalue weighted by Crippen LogP contribution is 2.44. The summed E-state index contributed by atoms with van der Waals surface area (Å²) in [6.45, 7) is 2.55. The highest BCUT2D eigenvalue weighted by Gasteiger charge is 2.36. The zero-order valence-corrected chi connectivity index (χ0v) is 22.0. The maximum Gasteiger partial charge on any atom is 0.323 e. The zero-order chi connectivity index (χ0) is 24.8. The third kappa shape index (κ3) is 3.98. The fourth-order valence-electron chi connectivity index (χ4n) is 5.49. The van der Waals surface area contributed by atoms with Crippen LogP contribution in [0.15, 0.2) is 60.8 Å². The monoisotopic (exact) mass is 517 g/mol. The summed E-state index contributed by atoms with van der Waals surface area (Å²) < 4.78 is 7.84. The number of carbonyl (C=O) groups is 1. The fourth-order valence-corrected chi connectivity index (χ4v) is 7.02. The minimum atomic E-state index is -0.271. The molecule has 6 rings (SSSR count). The fraction of sp³-hybridized carbons (Fsp3) is 0.276. The van der Waals surface area contributed by atoms with Gasteiger partial charge in [0.15, 0.2) is 0 Å². The van der Waals surface area contributed by atoms with Crippen molar-refractivity contribution in [2.75, 3.05) is 12.4 Å². The number of nitrogens with zero attached hydrogens (tertiary/aromatic N) is 2. The van der Waals surface area contributed by atoms with E-state index in [2.05, 4.69) is 28.2 Å². The molecule has 2 aliphatic rings. The number of aryl methyl sites for hydroxylation is 2. The van der Waals surface area contributed by atoms with E-state index >= 15 is 0 Å². The Morgan fingerprint density at radius 3 is 2.69 bits per heavy atom. The number of thiophene rings is 1. The van der Waals surface area contributed by atoms with Crippen LogP contribution in [0.4, 0.5) is 10.5 Å². The Morgan fingerprint density at radius 1 is 1.08 bits per heavy atom. The molecule has 0 saturated carbocycles. The molecule has 2 aromatic heterocycles. The summed E-state index contributed by atoms with van der Waals surface area (Å²) in [4.78, 5) is 17.5. The lowest BCUT2D eigenvalue weighted by Crippen LogP contribution is -2.38. The van der Waals surface area contributed by atoms with Gasteiger partial charge in [0, 0.05) is 21.7 Å². The number of rotatable bonds is 3. The summed E-state index contributed by atoms with van der Waals surface area (Å²) in [5.74, 6) is 0.642. The Hall–Kier alpha value is -3.22. The largest absolute Gasteiger partial charge is 0.495 e. The van der Waals surface area contributed by atoms with Crippen LogP contribution in [0.3, 0.4) is 0 Å². The highest BCUT2D eigenvalue weighted by atomic mass is 35.5. The van der Waals surface area contributed by atoms with Crippen molar-refractivity contribution in [3.63, 3.8) is 0 Å². The first-order valence-corrected chi connectivity index (χ1v) is 13.5. The van der Waals surface area contributed by atoms with Gasteiger partial charge in [0.05, 0.1) is 31.1 Å². The van der Waals surface area contributed by atoms with E-state index in [0.29, 0.717) is 23.0 Å². The normalized spacial score (nSPS) is 16.5. The van der Waals surface area contributed by atoms with Gasteiger partial charge in [-0.3, -0.25) is 0 Å². The molecule has 1 aliphatic carbocycles. The molecule has 0 radical (unpaired) electrons. The summed E-state index contributed by atoms with van der Waals surface area (Å²) in [5.41, 5.74) is 6.53. The summed E-state index contributed by atoms with van der Waals surface area (Å²) in [6.07, 6.45) is 6.75. The van der Waals surface area contributed by atoms with Gasteiger partial charge < -0.3 is 19.5 Å². The molecular weight excluding hydrogens is 490 g/mol. The summed E-state index contributed by atoms with van der Waals surface area (Å²) in [6, 6.07) is 17.4. The molecule has 7 heteroatoms. The molecule has 0 fully saturated rings. The minimum absolute atomic E-state index is 0.157. The van der Waals surface area contributed by atoms with Gasteiger partial charge >= 0.3 is 6.03 Å². The van der Waals surface area contributed by atoms with Crippen molar-refractivity contribution in [1.82, 2.24) is 9.47 Å². The molecule has 5 nitrogen and oxygen atoms in total. The molecule has 3 heterocycles. The number of amides is 2. The molecule has 184 valence electrons. The van der Waals surface area contributed by atoms with Gasteiger partial charge in [-0.25, -0.2) is 4.79 Å². The van der Waals surface area contributed by atoms with E-state index in [1.165, 1.54) is 33.8 Å². The van der Waals surface area contributed by atoms with E-state index in [0.717, 1.165) is 29.7 Å². The molecule has 36 heavy (non-hydrogen) atoms. The molecule has 0 spiro atoms. The van der Waals surface area contributed by atoms with Crippen LogP contribution in [0.1, 0.15) is 51.7 Å². The smallest absolute Gasteiger partial charge is 0.323 e. The Morgan fingerprint density at radius 2 is 1.89 bits per heavy atom. The number of halogens is 1. The Kier molecular flexibility index (Phi) is 6.02. The van der Waals surface area contributed by atoms with Crippen molar-refractivity contribution >= 4 is 34.7 Å². The predicted molar refractivity (Wildman–Crippen MR) is 146 cm³/mol.